The van der Waals surface area contributed by atoms with Gasteiger partial charge in [0.1, 0.15) is 0 Å². The molecule has 27 heavy (non-hydrogen) atoms. The zero-order valence-corrected chi connectivity index (χ0v) is 16.7. The van der Waals surface area contributed by atoms with Crippen molar-refractivity contribution in [3.05, 3.63) is 11.6 Å². The van der Waals surface area contributed by atoms with E-state index in [0.717, 1.165) is 45.3 Å². The Labute approximate surface area is 162 Å². The molecule has 4 aliphatic heterocycles. The molecule has 4 rings (SSSR count). The van der Waals surface area contributed by atoms with Gasteiger partial charge in [-0.3, -0.25) is 14.5 Å². The van der Waals surface area contributed by atoms with Gasteiger partial charge in [-0.1, -0.05) is 11.6 Å². The first kappa shape index (κ1) is 18.9. The number of rotatable bonds is 7. The van der Waals surface area contributed by atoms with E-state index >= 15 is 0 Å². The Morgan fingerprint density at radius 1 is 1.41 bits per heavy atom. The largest absolute Gasteiger partial charge is 0.370 e. The Balaban J connectivity index is 1.29. The summed E-state index contributed by atoms with van der Waals surface area (Å²) < 4.78 is 6.46. The SMILES string of the molecule is CC(C)=CCCN1C[C@@H]2[C@H](CNC(=O)CN3CCCC3=O)[C@H]3CC[C@]2(C1)O3. The molecule has 2 amide bonds. The fourth-order valence-corrected chi connectivity index (χ4v) is 5.60. The molecular weight excluding hydrogens is 342 g/mol. The van der Waals surface area contributed by atoms with E-state index in [0.29, 0.717) is 37.5 Å². The summed E-state index contributed by atoms with van der Waals surface area (Å²) in [5, 5.41) is 3.10. The summed E-state index contributed by atoms with van der Waals surface area (Å²) in [6, 6.07) is 0. The number of fused-ring (bicyclic) bond motifs is 1. The fraction of sp³-hybridized carbons (Fsp3) is 0.810. The van der Waals surface area contributed by atoms with Gasteiger partial charge in [0.2, 0.25) is 11.8 Å². The lowest BCUT2D eigenvalue weighted by atomic mass is 9.73. The molecule has 0 aromatic heterocycles. The van der Waals surface area contributed by atoms with Crippen molar-refractivity contribution in [1.29, 1.82) is 0 Å². The molecule has 4 aliphatic rings. The van der Waals surface area contributed by atoms with Crippen molar-refractivity contribution in [2.45, 2.75) is 57.7 Å². The van der Waals surface area contributed by atoms with Crippen LogP contribution in [-0.4, -0.2) is 72.6 Å². The van der Waals surface area contributed by atoms with Crippen molar-refractivity contribution >= 4 is 11.8 Å². The number of nitrogens with zero attached hydrogens (tertiary/aromatic N) is 2. The third-order valence-electron chi connectivity index (χ3n) is 6.89. The highest BCUT2D eigenvalue weighted by molar-refractivity contribution is 5.85. The third kappa shape index (κ3) is 3.79. The van der Waals surface area contributed by atoms with Crippen molar-refractivity contribution in [3.8, 4) is 0 Å². The molecule has 150 valence electrons. The minimum Gasteiger partial charge on any atom is -0.370 e. The van der Waals surface area contributed by atoms with E-state index in [-0.39, 0.29) is 24.0 Å². The molecule has 1 spiro atoms. The molecule has 2 bridgehead atoms. The van der Waals surface area contributed by atoms with Gasteiger partial charge < -0.3 is 15.0 Å². The molecular formula is C21H33N3O3. The van der Waals surface area contributed by atoms with Crippen molar-refractivity contribution in [1.82, 2.24) is 15.1 Å². The lowest BCUT2D eigenvalue weighted by Gasteiger charge is -2.29. The van der Waals surface area contributed by atoms with Gasteiger partial charge in [-0.15, -0.1) is 0 Å². The molecule has 4 atom stereocenters. The van der Waals surface area contributed by atoms with Gasteiger partial charge in [0.25, 0.3) is 0 Å². The summed E-state index contributed by atoms with van der Waals surface area (Å²) in [7, 11) is 0. The lowest BCUT2D eigenvalue weighted by Crippen LogP contribution is -2.44. The number of hydrogen-bond donors (Lipinski definition) is 1. The van der Waals surface area contributed by atoms with Crippen LogP contribution in [0.2, 0.25) is 0 Å². The van der Waals surface area contributed by atoms with Gasteiger partial charge in [0.15, 0.2) is 0 Å². The number of hydrogen-bond acceptors (Lipinski definition) is 4. The van der Waals surface area contributed by atoms with Crippen molar-refractivity contribution in [3.63, 3.8) is 0 Å². The third-order valence-corrected chi connectivity index (χ3v) is 6.89. The zero-order valence-electron chi connectivity index (χ0n) is 16.7. The van der Waals surface area contributed by atoms with Crippen LogP contribution in [0.25, 0.3) is 0 Å². The van der Waals surface area contributed by atoms with Gasteiger partial charge in [-0.25, -0.2) is 0 Å². The summed E-state index contributed by atoms with van der Waals surface area (Å²) >= 11 is 0. The van der Waals surface area contributed by atoms with Crippen LogP contribution in [0.5, 0.6) is 0 Å². The zero-order chi connectivity index (χ0) is 19.0. The summed E-state index contributed by atoms with van der Waals surface area (Å²) in [4.78, 5) is 28.2. The predicted molar refractivity (Wildman–Crippen MR) is 103 cm³/mol. The Bertz CT molecular complexity index is 630. The average Bonchev–Trinajstić information content (AvgIpc) is 3.34. The second-order valence-electron chi connectivity index (χ2n) is 9.06. The minimum atomic E-state index is -0.0273. The molecule has 4 fully saturated rings. The molecule has 0 saturated carbocycles. The Kier molecular flexibility index (Phi) is 5.30. The van der Waals surface area contributed by atoms with Crippen molar-refractivity contribution in [2.24, 2.45) is 11.8 Å². The quantitative estimate of drug-likeness (QED) is 0.686. The average molecular weight is 376 g/mol. The second kappa shape index (κ2) is 7.55. The Hall–Kier alpha value is -1.40. The van der Waals surface area contributed by atoms with Crippen LogP contribution in [0.15, 0.2) is 11.6 Å². The highest BCUT2D eigenvalue weighted by atomic mass is 16.5. The van der Waals surface area contributed by atoms with E-state index in [1.165, 1.54) is 5.57 Å². The number of ether oxygens (including phenoxy) is 1. The molecule has 6 heteroatoms. The lowest BCUT2D eigenvalue weighted by molar-refractivity contribution is -0.133. The van der Waals surface area contributed by atoms with Crippen LogP contribution < -0.4 is 5.32 Å². The minimum absolute atomic E-state index is 0.0238. The first-order valence-electron chi connectivity index (χ1n) is 10.5. The van der Waals surface area contributed by atoms with Crippen molar-refractivity contribution < 1.29 is 14.3 Å². The molecule has 0 radical (unpaired) electrons. The second-order valence-corrected chi connectivity index (χ2v) is 9.06. The maximum absolute atomic E-state index is 12.3. The molecule has 0 unspecified atom stereocenters. The van der Waals surface area contributed by atoms with Crippen LogP contribution in [0.3, 0.4) is 0 Å². The first-order chi connectivity index (χ1) is 13.0. The number of likely N-dealkylation sites (tertiary alicyclic amines) is 2. The van der Waals surface area contributed by atoms with E-state index in [9.17, 15) is 9.59 Å². The number of carbonyl (C=O) groups is 2. The van der Waals surface area contributed by atoms with Crippen LogP contribution in [0, 0.1) is 11.8 Å². The maximum atomic E-state index is 12.3. The molecule has 0 aromatic rings. The summed E-state index contributed by atoms with van der Waals surface area (Å²) in [6.07, 6.45) is 7.43. The molecule has 6 nitrogen and oxygen atoms in total. The molecule has 0 aromatic carbocycles. The highest BCUT2D eigenvalue weighted by Gasteiger charge is 2.62. The smallest absolute Gasteiger partial charge is 0.239 e. The molecule has 4 saturated heterocycles. The normalized spacial score (nSPS) is 35.0. The van der Waals surface area contributed by atoms with Crippen LogP contribution in [0.1, 0.15) is 46.0 Å². The highest BCUT2D eigenvalue weighted by Crippen LogP contribution is 2.54. The summed E-state index contributed by atoms with van der Waals surface area (Å²) in [5.41, 5.74) is 1.40. The monoisotopic (exact) mass is 375 g/mol. The van der Waals surface area contributed by atoms with Gasteiger partial charge in [0.05, 0.1) is 18.2 Å². The van der Waals surface area contributed by atoms with E-state index in [4.69, 9.17) is 4.74 Å². The van der Waals surface area contributed by atoms with Gasteiger partial charge in [0, 0.05) is 51.0 Å². The van der Waals surface area contributed by atoms with E-state index in [2.05, 4.69) is 30.1 Å². The molecule has 1 N–H and O–H groups in total. The topological polar surface area (TPSA) is 61.9 Å². The number of carbonyl (C=O) groups excluding carboxylic acids is 2. The van der Waals surface area contributed by atoms with Gasteiger partial charge in [-0.2, -0.15) is 0 Å². The van der Waals surface area contributed by atoms with E-state index in [1.807, 2.05) is 0 Å². The van der Waals surface area contributed by atoms with Crippen molar-refractivity contribution in [2.75, 3.05) is 39.3 Å². The summed E-state index contributed by atoms with van der Waals surface area (Å²) in [5.74, 6) is 1.01. The van der Waals surface area contributed by atoms with E-state index < -0.39 is 0 Å². The maximum Gasteiger partial charge on any atom is 0.239 e. The predicted octanol–water partition coefficient (Wildman–Crippen LogP) is 1.56. The fourth-order valence-electron chi connectivity index (χ4n) is 5.60. The summed E-state index contributed by atoms with van der Waals surface area (Å²) in [6.45, 7) is 9.12. The number of amides is 2. The van der Waals surface area contributed by atoms with Crippen LogP contribution in [0.4, 0.5) is 0 Å². The Morgan fingerprint density at radius 3 is 3.00 bits per heavy atom. The van der Waals surface area contributed by atoms with Crippen LogP contribution >= 0.6 is 0 Å². The van der Waals surface area contributed by atoms with Gasteiger partial charge in [-0.05, 0) is 39.5 Å². The van der Waals surface area contributed by atoms with Crippen LogP contribution in [-0.2, 0) is 14.3 Å². The molecule has 0 aliphatic carbocycles. The standard InChI is InChI=1S/C21H33N3O3/c1-15(2)5-3-9-23-12-17-16(18-7-8-21(17,14-23)27-18)11-22-19(25)13-24-10-4-6-20(24)26/h5,16-18H,3-4,6-14H2,1-2H3,(H,22,25)/t16-,17+,18+,21+/m0/s1. The Morgan fingerprint density at radius 2 is 2.26 bits per heavy atom. The van der Waals surface area contributed by atoms with Gasteiger partial charge >= 0.3 is 0 Å². The number of allylic oxidation sites excluding steroid dienone is 1. The first-order valence-corrected chi connectivity index (χ1v) is 10.5. The molecule has 4 heterocycles. The van der Waals surface area contributed by atoms with E-state index in [1.54, 1.807) is 4.90 Å². The number of nitrogens with one attached hydrogen (secondary N) is 1.